The zero-order valence-electron chi connectivity index (χ0n) is 22.9. The van der Waals surface area contributed by atoms with E-state index in [1.807, 2.05) is 78.8 Å². The maximum atomic E-state index is 13.5. The Kier molecular flexibility index (Phi) is 7.86. The molecule has 0 saturated carbocycles. The predicted octanol–water partition coefficient (Wildman–Crippen LogP) is 6.82. The summed E-state index contributed by atoms with van der Waals surface area (Å²) in [5, 5.41) is 6.79. The molecule has 6 nitrogen and oxygen atoms in total. The molecule has 1 saturated heterocycles. The van der Waals surface area contributed by atoms with Crippen molar-refractivity contribution in [1.82, 2.24) is 19.8 Å². The Morgan fingerprint density at radius 1 is 1.02 bits per heavy atom. The van der Waals surface area contributed by atoms with E-state index in [9.17, 15) is 18.0 Å². The monoisotopic (exact) mass is 577 g/mol. The Bertz CT molecular complexity index is 1570. The van der Waals surface area contributed by atoms with Crippen LogP contribution in [0.25, 0.3) is 5.69 Å². The first kappa shape index (κ1) is 28.4. The van der Waals surface area contributed by atoms with Gasteiger partial charge < -0.3 is 20.1 Å². The topological polar surface area (TPSA) is 62.2 Å². The maximum absolute atomic E-state index is 13.5. The number of benzene rings is 2. The third-order valence-electron chi connectivity index (χ3n) is 7.33. The number of rotatable bonds is 7. The Hall–Kier alpha value is -4.18. The highest BCUT2D eigenvalue weighted by molar-refractivity contribution is 7.80. The fourth-order valence-electron chi connectivity index (χ4n) is 5.37. The molecule has 41 heavy (non-hydrogen) atoms. The summed E-state index contributed by atoms with van der Waals surface area (Å²) in [6.07, 6.45) is -2.55. The van der Waals surface area contributed by atoms with Crippen LogP contribution >= 0.6 is 12.2 Å². The zero-order chi connectivity index (χ0) is 29.3. The van der Waals surface area contributed by atoms with Crippen molar-refractivity contribution in [3.8, 4) is 5.69 Å². The second-order valence-electron chi connectivity index (χ2n) is 10.2. The van der Waals surface area contributed by atoms with Crippen LogP contribution in [0.1, 0.15) is 52.3 Å². The molecule has 212 valence electrons. The number of halogens is 3. The van der Waals surface area contributed by atoms with E-state index >= 15 is 0 Å². The van der Waals surface area contributed by atoms with Crippen LogP contribution in [0.2, 0.25) is 0 Å². The lowest BCUT2D eigenvalue weighted by atomic mass is 9.96. The van der Waals surface area contributed by atoms with E-state index in [0.29, 0.717) is 17.3 Å². The van der Waals surface area contributed by atoms with E-state index in [0.717, 1.165) is 46.0 Å². The van der Waals surface area contributed by atoms with Crippen LogP contribution in [0.15, 0.2) is 79.0 Å². The molecule has 1 aliphatic heterocycles. The number of pyridine rings is 1. The van der Waals surface area contributed by atoms with Crippen molar-refractivity contribution in [2.24, 2.45) is 0 Å². The van der Waals surface area contributed by atoms with Crippen molar-refractivity contribution in [1.29, 1.82) is 0 Å². The molecule has 1 aliphatic rings. The second-order valence-corrected chi connectivity index (χ2v) is 10.6. The summed E-state index contributed by atoms with van der Waals surface area (Å²) < 4.78 is 42.3. The van der Waals surface area contributed by atoms with Crippen molar-refractivity contribution in [2.75, 3.05) is 11.9 Å². The molecule has 2 unspecified atom stereocenters. The first-order valence-electron chi connectivity index (χ1n) is 13.2. The summed E-state index contributed by atoms with van der Waals surface area (Å²) >= 11 is 5.75. The highest BCUT2D eigenvalue weighted by atomic mass is 32.1. The Morgan fingerprint density at radius 3 is 2.46 bits per heavy atom. The molecule has 2 atom stereocenters. The highest BCUT2D eigenvalue weighted by Gasteiger charge is 2.41. The van der Waals surface area contributed by atoms with Gasteiger partial charge in [-0.1, -0.05) is 29.8 Å². The molecule has 4 aromatic rings. The van der Waals surface area contributed by atoms with Crippen molar-refractivity contribution in [3.05, 3.63) is 113 Å². The van der Waals surface area contributed by atoms with Crippen molar-refractivity contribution in [2.45, 2.75) is 45.5 Å². The summed E-state index contributed by atoms with van der Waals surface area (Å²) in [6, 6.07) is 19.8. The lowest BCUT2D eigenvalue weighted by Crippen LogP contribution is -2.32. The minimum absolute atomic E-state index is 0.147. The number of nitrogens with zero attached hydrogens (tertiary/aromatic N) is 3. The van der Waals surface area contributed by atoms with Gasteiger partial charge in [0.2, 0.25) is 5.91 Å². The van der Waals surface area contributed by atoms with Gasteiger partial charge in [0.15, 0.2) is 5.11 Å². The first-order chi connectivity index (χ1) is 19.5. The third kappa shape index (κ3) is 5.97. The predicted molar refractivity (Wildman–Crippen MR) is 157 cm³/mol. The SMILES string of the molecule is Cc1ccc(NC(=O)CCN2C(=S)NC(c3ccccn3)C2c2cc(C)n(-c3cccc(C(F)(F)F)c3)c2C)cc1. The Balaban J connectivity index is 1.48. The molecule has 1 amide bonds. The molecule has 0 radical (unpaired) electrons. The van der Waals surface area contributed by atoms with Gasteiger partial charge in [-0.2, -0.15) is 13.2 Å². The lowest BCUT2D eigenvalue weighted by molar-refractivity contribution is -0.137. The van der Waals surface area contributed by atoms with E-state index in [-0.39, 0.29) is 24.4 Å². The van der Waals surface area contributed by atoms with Crippen LogP contribution in [0.5, 0.6) is 0 Å². The average molecular weight is 578 g/mol. The third-order valence-corrected chi connectivity index (χ3v) is 7.69. The van der Waals surface area contributed by atoms with Gasteiger partial charge in [0.05, 0.1) is 23.3 Å². The van der Waals surface area contributed by atoms with Crippen molar-refractivity contribution in [3.63, 3.8) is 0 Å². The number of hydrogen-bond acceptors (Lipinski definition) is 3. The number of alkyl halides is 3. The molecule has 0 aliphatic carbocycles. The molecule has 0 spiro atoms. The quantitative estimate of drug-likeness (QED) is 0.236. The molecule has 5 rings (SSSR count). The van der Waals surface area contributed by atoms with Gasteiger partial charge in [0.25, 0.3) is 0 Å². The van der Waals surface area contributed by atoms with Crippen LogP contribution in [0.3, 0.4) is 0 Å². The van der Waals surface area contributed by atoms with E-state index in [1.54, 1.807) is 12.3 Å². The Labute approximate surface area is 242 Å². The standard InChI is InChI=1S/C31H30F3N5OS/c1-19-10-12-23(13-11-19)36-27(40)14-16-38-29(28(37-30(38)41)26-9-4-5-15-35-26)25-17-20(2)39(21(25)3)24-8-6-7-22(18-24)31(32,33)34/h4-13,15,17-18,28-29H,14,16H2,1-3H3,(H,36,40)(H,37,41). The van der Waals surface area contributed by atoms with Crippen molar-refractivity contribution >= 4 is 28.9 Å². The summed E-state index contributed by atoms with van der Waals surface area (Å²) in [7, 11) is 0. The largest absolute Gasteiger partial charge is 0.416 e. The maximum Gasteiger partial charge on any atom is 0.416 e. The number of amides is 1. The van der Waals surface area contributed by atoms with E-state index in [1.165, 1.54) is 6.07 Å². The molecular weight excluding hydrogens is 547 g/mol. The summed E-state index contributed by atoms with van der Waals surface area (Å²) in [4.78, 5) is 19.4. The number of thiocarbonyl (C=S) groups is 1. The van der Waals surface area contributed by atoms with Gasteiger partial charge in [-0.15, -0.1) is 0 Å². The van der Waals surface area contributed by atoms with E-state index in [4.69, 9.17) is 12.2 Å². The zero-order valence-corrected chi connectivity index (χ0v) is 23.7. The van der Waals surface area contributed by atoms with Crippen molar-refractivity contribution < 1.29 is 18.0 Å². The highest BCUT2D eigenvalue weighted by Crippen LogP contribution is 2.42. The van der Waals surface area contributed by atoms with E-state index < -0.39 is 11.7 Å². The molecule has 1 fully saturated rings. The number of nitrogens with one attached hydrogen (secondary N) is 2. The summed E-state index contributed by atoms with van der Waals surface area (Å²) in [5.74, 6) is -0.147. The number of aromatic nitrogens is 2. The smallest absolute Gasteiger partial charge is 0.352 e. The minimum Gasteiger partial charge on any atom is -0.352 e. The van der Waals surface area contributed by atoms with Gasteiger partial charge in [0.1, 0.15) is 0 Å². The summed E-state index contributed by atoms with van der Waals surface area (Å²) in [5.41, 5.74) is 4.77. The van der Waals surface area contributed by atoms with Gasteiger partial charge in [-0.05, 0) is 87.1 Å². The minimum atomic E-state index is -4.45. The van der Waals surface area contributed by atoms with Gasteiger partial charge in [-0.25, -0.2) is 0 Å². The molecule has 2 aromatic carbocycles. The summed E-state index contributed by atoms with van der Waals surface area (Å²) in [6.45, 7) is 6.08. The van der Waals surface area contributed by atoms with Crippen LogP contribution < -0.4 is 10.6 Å². The van der Waals surface area contributed by atoms with Gasteiger partial charge >= 0.3 is 6.18 Å². The molecule has 10 heteroatoms. The van der Waals surface area contributed by atoms with Crippen LogP contribution in [0.4, 0.5) is 18.9 Å². The van der Waals surface area contributed by atoms with Crippen LogP contribution in [-0.2, 0) is 11.0 Å². The fraction of sp³-hybridized carbons (Fsp3) is 0.258. The van der Waals surface area contributed by atoms with E-state index in [2.05, 4.69) is 15.6 Å². The lowest BCUT2D eigenvalue weighted by Gasteiger charge is -2.28. The number of aryl methyl sites for hydroxylation is 2. The normalized spacial score (nSPS) is 17.0. The number of carbonyl (C=O) groups excluding carboxylic acids is 1. The fourth-order valence-corrected chi connectivity index (χ4v) is 5.70. The molecular formula is C31H30F3N5OS. The first-order valence-corrected chi connectivity index (χ1v) is 13.6. The molecule has 0 bridgehead atoms. The number of hydrogen-bond donors (Lipinski definition) is 2. The molecule has 2 N–H and O–H groups in total. The van der Waals surface area contributed by atoms with Crippen LogP contribution in [-0.4, -0.2) is 32.0 Å². The van der Waals surface area contributed by atoms with Gasteiger partial charge in [-0.3, -0.25) is 9.78 Å². The second kappa shape index (κ2) is 11.4. The number of anilines is 1. The number of carbonyl (C=O) groups is 1. The molecule has 2 aromatic heterocycles. The average Bonchev–Trinajstić information content (AvgIpc) is 3.43. The Morgan fingerprint density at radius 2 is 1.78 bits per heavy atom. The van der Waals surface area contributed by atoms with Crippen LogP contribution in [0, 0.1) is 20.8 Å². The van der Waals surface area contributed by atoms with Gasteiger partial charge in [0, 0.05) is 41.9 Å². The molecule has 3 heterocycles.